The first-order valence-corrected chi connectivity index (χ1v) is 21.3. The minimum absolute atomic E-state index is 0.0285. The number of unbranched alkanes of at least 4 members (excludes halogenated alkanes) is 2. The van der Waals surface area contributed by atoms with Crippen LogP contribution in [-0.2, 0) is 11.2 Å². The summed E-state index contributed by atoms with van der Waals surface area (Å²) in [7, 11) is 0. The molecule has 1 unspecified atom stereocenters. The molecule has 6 aromatic rings. The second-order valence-electron chi connectivity index (χ2n) is 15.5. The van der Waals surface area contributed by atoms with Crippen LogP contribution in [0.2, 0.25) is 5.02 Å². The predicted octanol–water partition coefficient (Wildman–Crippen LogP) is 10.7. The summed E-state index contributed by atoms with van der Waals surface area (Å²) < 4.78 is 36.4. The van der Waals surface area contributed by atoms with Crippen molar-refractivity contribution in [3.63, 3.8) is 0 Å². The number of allylic oxidation sites excluding steroid dienone is 1. The Bertz CT molecular complexity index is 2690. The Balaban J connectivity index is 0.805. The highest BCUT2D eigenvalue weighted by atomic mass is 35.5. The normalized spacial score (nSPS) is 15.4. The fourth-order valence-electron chi connectivity index (χ4n) is 8.26. The summed E-state index contributed by atoms with van der Waals surface area (Å²) in [6.45, 7) is 3.87. The van der Waals surface area contributed by atoms with E-state index < -0.39 is 23.7 Å². The Morgan fingerprint density at radius 2 is 1.60 bits per heavy atom. The zero-order valence-electron chi connectivity index (χ0n) is 34.3. The molecule has 8 rings (SSSR count). The number of amides is 3. The highest BCUT2D eigenvalue weighted by Gasteiger charge is 2.28. The SMILES string of the molecule is CC/C(=C(/c1ccc(OCCCCCC(=O)N2CCN(C(=O)c3cc(CC4N=NC(=O)c5ccccc54)ccc3F)CC2)cc1)c1ccc2[nH]ncc2c1)c1ccc(Cl)cc1F. The van der Waals surface area contributed by atoms with E-state index in [1.165, 1.54) is 12.1 Å². The van der Waals surface area contributed by atoms with E-state index in [0.717, 1.165) is 51.6 Å². The van der Waals surface area contributed by atoms with E-state index >= 15 is 4.39 Å². The van der Waals surface area contributed by atoms with Crippen LogP contribution in [0.1, 0.15) is 93.6 Å². The van der Waals surface area contributed by atoms with Crippen molar-refractivity contribution < 1.29 is 27.9 Å². The number of nitrogens with zero attached hydrogens (tertiary/aromatic N) is 5. The average Bonchev–Trinajstić information content (AvgIpc) is 3.77. The van der Waals surface area contributed by atoms with E-state index in [4.69, 9.17) is 16.3 Å². The number of carbonyl (C=O) groups is 3. The molecular formula is C49H45ClF2N6O4. The van der Waals surface area contributed by atoms with Crippen LogP contribution in [-0.4, -0.2) is 70.5 Å². The zero-order valence-corrected chi connectivity index (χ0v) is 35.0. The lowest BCUT2D eigenvalue weighted by Gasteiger charge is -2.35. The van der Waals surface area contributed by atoms with E-state index in [9.17, 15) is 18.8 Å². The number of fused-ring (bicyclic) bond motifs is 2. The lowest BCUT2D eigenvalue weighted by Crippen LogP contribution is -2.50. The molecule has 3 amide bonds. The van der Waals surface area contributed by atoms with Crippen LogP contribution in [0.25, 0.3) is 22.0 Å². The van der Waals surface area contributed by atoms with Gasteiger partial charge in [-0.25, -0.2) is 8.78 Å². The highest BCUT2D eigenvalue weighted by Crippen LogP contribution is 2.38. The van der Waals surface area contributed by atoms with E-state index in [-0.39, 0.29) is 17.3 Å². The number of aromatic nitrogens is 2. The maximum absolute atomic E-state index is 15.3. The largest absolute Gasteiger partial charge is 0.494 e. The number of benzene rings is 5. The summed E-state index contributed by atoms with van der Waals surface area (Å²) in [4.78, 5) is 42.1. The first-order valence-electron chi connectivity index (χ1n) is 20.9. The van der Waals surface area contributed by atoms with E-state index in [1.54, 1.807) is 52.4 Å². The minimum Gasteiger partial charge on any atom is -0.494 e. The van der Waals surface area contributed by atoms with Gasteiger partial charge in [-0.05, 0) is 114 Å². The van der Waals surface area contributed by atoms with Crippen LogP contribution in [0.5, 0.6) is 5.75 Å². The van der Waals surface area contributed by atoms with Crippen molar-refractivity contribution in [3.8, 4) is 5.75 Å². The molecule has 3 heterocycles. The molecule has 0 saturated carbocycles. The third-order valence-electron chi connectivity index (χ3n) is 11.5. The second kappa shape index (κ2) is 19.0. The number of halogens is 3. The second-order valence-corrected chi connectivity index (χ2v) is 15.9. The van der Waals surface area contributed by atoms with Crippen molar-refractivity contribution in [3.05, 3.63) is 165 Å². The quantitative estimate of drug-likeness (QED) is 0.0864. The van der Waals surface area contributed by atoms with Gasteiger partial charge in [-0.2, -0.15) is 10.2 Å². The van der Waals surface area contributed by atoms with Crippen molar-refractivity contribution >= 4 is 51.4 Å². The molecule has 0 radical (unpaired) electrons. The number of rotatable bonds is 14. The summed E-state index contributed by atoms with van der Waals surface area (Å²) in [5.41, 5.74) is 6.95. The van der Waals surface area contributed by atoms with Crippen molar-refractivity contribution in [2.45, 2.75) is 51.5 Å². The van der Waals surface area contributed by atoms with Crippen LogP contribution in [0.3, 0.4) is 0 Å². The smallest absolute Gasteiger partial charge is 0.295 e. The van der Waals surface area contributed by atoms with Crippen LogP contribution in [0.4, 0.5) is 8.78 Å². The Labute approximate surface area is 363 Å². The molecule has 1 saturated heterocycles. The average molecular weight is 855 g/mol. The molecule has 1 atom stereocenters. The van der Waals surface area contributed by atoms with Crippen molar-refractivity contribution in [2.24, 2.45) is 10.2 Å². The van der Waals surface area contributed by atoms with Gasteiger partial charge in [0.2, 0.25) is 5.91 Å². The zero-order chi connectivity index (χ0) is 43.2. The molecule has 2 aliphatic rings. The summed E-state index contributed by atoms with van der Waals surface area (Å²) in [5.74, 6) is -1.06. The molecule has 10 nitrogen and oxygen atoms in total. The summed E-state index contributed by atoms with van der Waals surface area (Å²) >= 11 is 6.10. The third-order valence-corrected chi connectivity index (χ3v) is 11.8. The van der Waals surface area contributed by atoms with Gasteiger partial charge in [0.25, 0.3) is 11.8 Å². The molecule has 316 valence electrons. The van der Waals surface area contributed by atoms with Crippen LogP contribution in [0, 0.1) is 11.6 Å². The molecule has 1 N–H and O–H groups in total. The highest BCUT2D eigenvalue weighted by molar-refractivity contribution is 6.30. The van der Waals surface area contributed by atoms with Gasteiger partial charge < -0.3 is 14.5 Å². The molecule has 0 aliphatic carbocycles. The number of aromatic amines is 1. The van der Waals surface area contributed by atoms with Crippen molar-refractivity contribution in [1.82, 2.24) is 20.0 Å². The maximum Gasteiger partial charge on any atom is 0.295 e. The number of piperazine rings is 1. The molecule has 1 aromatic heterocycles. The lowest BCUT2D eigenvalue weighted by atomic mass is 9.87. The van der Waals surface area contributed by atoms with Gasteiger partial charge in [-0.3, -0.25) is 19.5 Å². The molecule has 13 heteroatoms. The van der Waals surface area contributed by atoms with Gasteiger partial charge in [0.05, 0.1) is 23.9 Å². The number of carbonyl (C=O) groups excluding carboxylic acids is 3. The van der Waals surface area contributed by atoms with Crippen molar-refractivity contribution in [1.29, 1.82) is 0 Å². The van der Waals surface area contributed by atoms with E-state index in [2.05, 4.69) is 26.5 Å². The Kier molecular flexibility index (Phi) is 12.9. The van der Waals surface area contributed by atoms with E-state index in [1.807, 2.05) is 55.5 Å². The molecular weight excluding hydrogens is 810 g/mol. The Morgan fingerprint density at radius 1 is 0.823 bits per heavy atom. The van der Waals surface area contributed by atoms with E-state index in [0.29, 0.717) is 85.9 Å². The van der Waals surface area contributed by atoms with Crippen molar-refractivity contribution in [2.75, 3.05) is 32.8 Å². The number of H-pyrrole nitrogens is 1. The number of hydrogen-bond donors (Lipinski definition) is 1. The Hall–Kier alpha value is -6.53. The third kappa shape index (κ3) is 9.35. The van der Waals surface area contributed by atoms with Gasteiger partial charge in [0.15, 0.2) is 0 Å². The lowest BCUT2D eigenvalue weighted by molar-refractivity contribution is -0.132. The molecule has 0 spiro atoms. The van der Waals surface area contributed by atoms with Crippen LogP contribution >= 0.6 is 11.6 Å². The first-order chi connectivity index (χ1) is 30.2. The monoisotopic (exact) mass is 854 g/mol. The van der Waals surface area contributed by atoms with Gasteiger partial charge >= 0.3 is 0 Å². The molecule has 0 bridgehead atoms. The molecule has 5 aromatic carbocycles. The summed E-state index contributed by atoms with van der Waals surface area (Å²) in [6, 6.07) is 29.8. The standard InChI is InChI=1S/C49H45ClF2N6O4/c1-2-37(38-18-15-35(50)29-43(38)52)47(33-14-20-44-34(28-33)30-53-54-44)32-12-16-36(17-13-32)62-25-7-3-4-10-46(59)57-21-23-58(24-22-57)49(61)41-26-31(11-19-42(41)51)27-45-39-8-5-6-9-40(39)48(60)56-55-45/h5-6,8-9,11-20,26,28-30,45H,2-4,7,10,21-25,27H2,1H3,(H,53,54)/b47-37+. The van der Waals surface area contributed by atoms with Crippen LogP contribution in [0.15, 0.2) is 120 Å². The molecule has 1 fully saturated rings. The number of hydrogen-bond acceptors (Lipinski definition) is 6. The van der Waals surface area contributed by atoms with Gasteiger partial charge in [0, 0.05) is 60.6 Å². The Morgan fingerprint density at radius 3 is 2.39 bits per heavy atom. The topological polar surface area (TPSA) is 120 Å². The number of nitrogens with one attached hydrogen (secondary N) is 1. The van der Waals surface area contributed by atoms with Gasteiger partial charge in [-0.15, -0.1) is 5.11 Å². The van der Waals surface area contributed by atoms with Crippen LogP contribution < -0.4 is 4.74 Å². The van der Waals surface area contributed by atoms with Gasteiger partial charge in [0.1, 0.15) is 23.4 Å². The maximum atomic E-state index is 15.3. The minimum atomic E-state index is -0.612. The fourth-order valence-corrected chi connectivity index (χ4v) is 8.42. The number of ether oxygens (including phenoxy) is 1. The first kappa shape index (κ1) is 42.2. The molecule has 62 heavy (non-hydrogen) atoms. The fraction of sp³-hybridized carbons (Fsp3) is 0.265. The molecule has 2 aliphatic heterocycles. The van der Waals surface area contributed by atoms with Gasteiger partial charge in [-0.1, -0.05) is 67.1 Å². The predicted molar refractivity (Wildman–Crippen MR) is 235 cm³/mol. The number of azo groups is 1. The summed E-state index contributed by atoms with van der Waals surface area (Å²) in [6.07, 6.45) is 5.38. The summed E-state index contributed by atoms with van der Waals surface area (Å²) in [5, 5.41) is 16.4.